The number of hydrogen-bond donors (Lipinski definition) is 2. The fraction of sp³-hybridized carbons (Fsp3) is 0.0952. The average Bonchev–Trinajstić information content (AvgIpc) is 2.71. The van der Waals surface area contributed by atoms with E-state index in [2.05, 4.69) is 5.32 Å². The summed E-state index contributed by atoms with van der Waals surface area (Å²) in [6.45, 7) is 0.370. The monoisotopic (exact) mass is 451 g/mol. The van der Waals surface area contributed by atoms with Gasteiger partial charge in [0.25, 0.3) is 0 Å². The fourth-order valence-electron chi connectivity index (χ4n) is 2.58. The van der Waals surface area contributed by atoms with Gasteiger partial charge in [0.2, 0.25) is 0 Å². The molecule has 0 unspecified atom stereocenters. The zero-order valence-corrected chi connectivity index (χ0v) is 17.5. The SMILES string of the molecule is COc1cc(Cl)ccc1Oc1cc(Cl)c(Cl)cc1CNc1ccc(C(=O)O)cc1. The van der Waals surface area contributed by atoms with Gasteiger partial charge >= 0.3 is 5.97 Å². The Kier molecular flexibility index (Phi) is 6.75. The lowest BCUT2D eigenvalue weighted by Crippen LogP contribution is -2.03. The van der Waals surface area contributed by atoms with E-state index >= 15 is 0 Å². The lowest BCUT2D eigenvalue weighted by Gasteiger charge is -2.16. The first-order chi connectivity index (χ1) is 13.9. The molecule has 0 amide bonds. The molecule has 0 spiro atoms. The van der Waals surface area contributed by atoms with Crippen molar-refractivity contribution in [3.8, 4) is 17.2 Å². The Morgan fingerprint density at radius 2 is 1.62 bits per heavy atom. The lowest BCUT2D eigenvalue weighted by atomic mass is 10.1. The van der Waals surface area contributed by atoms with E-state index < -0.39 is 5.97 Å². The second-order valence-corrected chi connectivity index (χ2v) is 7.26. The third kappa shape index (κ3) is 5.26. The number of carboxylic acids is 1. The van der Waals surface area contributed by atoms with E-state index in [4.69, 9.17) is 49.4 Å². The Hall–Kier alpha value is -2.60. The molecule has 0 bridgehead atoms. The van der Waals surface area contributed by atoms with Crippen molar-refractivity contribution in [3.63, 3.8) is 0 Å². The molecule has 0 heterocycles. The average molecular weight is 453 g/mol. The first-order valence-corrected chi connectivity index (χ1v) is 9.57. The van der Waals surface area contributed by atoms with Crippen LogP contribution in [0.3, 0.4) is 0 Å². The van der Waals surface area contributed by atoms with Gasteiger partial charge in [-0.1, -0.05) is 34.8 Å². The van der Waals surface area contributed by atoms with Crippen molar-refractivity contribution in [2.75, 3.05) is 12.4 Å². The van der Waals surface area contributed by atoms with Gasteiger partial charge in [0, 0.05) is 35.0 Å². The Bertz CT molecular complexity index is 1040. The molecule has 0 saturated carbocycles. The molecular weight excluding hydrogens is 437 g/mol. The van der Waals surface area contributed by atoms with Gasteiger partial charge in [-0.05, 0) is 42.5 Å². The summed E-state index contributed by atoms with van der Waals surface area (Å²) in [7, 11) is 1.52. The first-order valence-electron chi connectivity index (χ1n) is 8.44. The van der Waals surface area contributed by atoms with E-state index in [0.717, 1.165) is 11.3 Å². The number of halogens is 3. The predicted octanol–water partition coefficient (Wildman–Crippen LogP) is 6.76. The summed E-state index contributed by atoms with van der Waals surface area (Å²) in [5.41, 5.74) is 1.71. The molecule has 3 rings (SSSR count). The highest BCUT2D eigenvalue weighted by molar-refractivity contribution is 6.42. The van der Waals surface area contributed by atoms with E-state index in [1.165, 1.54) is 19.2 Å². The van der Waals surface area contributed by atoms with Crippen LogP contribution in [0.2, 0.25) is 15.1 Å². The molecule has 0 fully saturated rings. The van der Waals surface area contributed by atoms with Gasteiger partial charge in [0.15, 0.2) is 11.5 Å². The van der Waals surface area contributed by atoms with Crippen LogP contribution >= 0.6 is 34.8 Å². The van der Waals surface area contributed by atoms with Gasteiger partial charge in [-0.25, -0.2) is 4.79 Å². The molecule has 0 radical (unpaired) electrons. The van der Waals surface area contributed by atoms with Crippen LogP contribution in [0, 0.1) is 0 Å². The molecule has 3 aromatic rings. The van der Waals surface area contributed by atoms with Gasteiger partial charge < -0.3 is 19.9 Å². The second-order valence-electron chi connectivity index (χ2n) is 6.01. The number of carbonyl (C=O) groups is 1. The summed E-state index contributed by atoms with van der Waals surface area (Å²) < 4.78 is 11.3. The summed E-state index contributed by atoms with van der Waals surface area (Å²) in [6, 6.07) is 14.8. The molecule has 3 aromatic carbocycles. The van der Waals surface area contributed by atoms with Gasteiger partial charge in [0.05, 0.1) is 22.7 Å². The van der Waals surface area contributed by atoms with E-state index in [1.807, 2.05) is 0 Å². The molecule has 0 aromatic heterocycles. The number of rotatable bonds is 7. The molecule has 0 aliphatic rings. The Labute approximate surface area is 182 Å². The minimum Gasteiger partial charge on any atom is -0.493 e. The van der Waals surface area contributed by atoms with Gasteiger partial charge in [0.1, 0.15) is 5.75 Å². The number of hydrogen-bond acceptors (Lipinski definition) is 4. The van der Waals surface area contributed by atoms with Crippen LogP contribution in [0.25, 0.3) is 0 Å². The topological polar surface area (TPSA) is 67.8 Å². The summed E-state index contributed by atoms with van der Waals surface area (Å²) in [5.74, 6) is 0.470. The lowest BCUT2D eigenvalue weighted by molar-refractivity contribution is 0.0697. The number of benzene rings is 3. The molecule has 0 saturated heterocycles. The molecule has 0 aliphatic carbocycles. The summed E-state index contributed by atoms with van der Waals surface area (Å²) in [4.78, 5) is 11.0. The number of ether oxygens (including phenoxy) is 2. The minimum absolute atomic E-state index is 0.212. The normalized spacial score (nSPS) is 10.5. The van der Waals surface area contributed by atoms with Crippen molar-refractivity contribution in [2.24, 2.45) is 0 Å². The van der Waals surface area contributed by atoms with Crippen LogP contribution in [0.1, 0.15) is 15.9 Å². The Morgan fingerprint density at radius 3 is 2.28 bits per heavy atom. The maximum Gasteiger partial charge on any atom is 0.335 e. The van der Waals surface area contributed by atoms with E-state index in [-0.39, 0.29) is 5.56 Å². The van der Waals surface area contributed by atoms with Gasteiger partial charge in [-0.2, -0.15) is 0 Å². The number of carboxylic acid groups (broad SMARTS) is 1. The van der Waals surface area contributed by atoms with Crippen LogP contribution in [-0.2, 0) is 6.54 Å². The van der Waals surface area contributed by atoms with Crippen LogP contribution in [0.4, 0.5) is 5.69 Å². The van der Waals surface area contributed by atoms with Crippen molar-refractivity contribution in [3.05, 3.63) is 80.8 Å². The molecule has 8 heteroatoms. The van der Waals surface area contributed by atoms with E-state index in [9.17, 15) is 4.79 Å². The molecule has 150 valence electrons. The van der Waals surface area contributed by atoms with Crippen LogP contribution in [0.5, 0.6) is 17.2 Å². The van der Waals surface area contributed by atoms with E-state index in [1.54, 1.807) is 42.5 Å². The molecule has 29 heavy (non-hydrogen) atoms. The molecule has 0 atom stereocenters. The number of anilines is 1. The number of nitrogens with one attached hydrogen (secondary N) is 1. The predicted molar refractivity (Wildman–Crippen MR) is 115 cm³/mol. The number of methoxy groups -OCH3 is 1. The van der Waals surface area contributed by atoms with Crippen LogP contribution < -0.4 is 14.8 Å². The number of aromatic carboxylic acids is 1. The van der Waals surface area contributed by atoms with Crippen molar-refractivity contribution >= 4 is 46.5 Å². The molecule has 2 N–H and O–H groups in total. The second kappa shape index (κ2) is 9.27. The van der Waals surface area contributed by atoms with Crippen LogP contribution in [0.15, 0.2) is 54.6 Å². The highest BCUT2D eigenvalue weighted by Crippen LogP contribution is 2.38. The molecular formula is C21H16Cl3NO4. The molecule has 0 aliphatic heterocycles. The van der Waals surface area contributed by atoms with Gasteiger partial charge in [-0.15, -0.1) is 0 Å². The summed E-state index contributed by atoms with van der Waals surface area (Å²) in [6.07, 6.45) is 0. The smallest absolute Gasteiger partial charge is 0.335 e. The third-order valence-electron chi connectivity index (χ3n) is 4.06. The third-order valence-corrected chi connectivity index (χ3v) is 5.02. The summed E-state index contributed by atoms with van der Waals surface area (Å²) in [5, 5.41) is 13.5. The summed E-state index contributed by atoms with van der Waals surface area (Å²) >= 11 is 18.4. The largest absolute Gasteiger partial charge is 0.493 e. The van der Waals surface area contributed by atoms with Crippen molar-refractivity contribution in [1.82, 2.24) is 0 Å². The minimum atomic E-state index is -0.978. The quantitative estimate of drug-likeness (QED) is 0.414. The maximum atomic E-state index is 11.0. The maximum absolute atomic E-state index is 11.0. The Balaban J connectivity index is 1.85. The first kappa shape index (κ1) is 21.1. The molecule has 5 nitrogen and oxygen atoms in total. The van der Waals surface area contributed by atoms with Gasteiger partial charge in [-0.3, -0.25) is 0 Å². The zero-order valence-electron chi connectivity index (χ0n) is 15.2. The Morgan fingerprint density at radius 1 is 0.931 bits per heavy atom. The fourth-order valence-corrected chi connectivity index (χ4v) is 3.08. The van der Waals surface area contributed by atoms with Crippen molar-refractivity contribution in [2.45, 2.75) is 6.54 Å². The highest BCUT2D eigenvalue weighted by Gasteiger charge is 2.13. The van der Waals surface area contributed by atoms with Crippen LogP contribution in [-0.4, -0.2) is 18.2 Å². The van der Waals surface area contributed by atoms with Crippen molar-refractivity contribution in [1.29, 1.82) is 0 Å². The highest BCUT2D eigenvalue weighted by atomic mass is 35.5. The van der Waals surface area contributed by atoms with E-state index in [0.29, 0.717) is 38.9 Å². The standard InChI is InChI=1S/C21H16Cl3NO4/c1-28-20-9-14(22)4-7-18(20)29-19-10-17(24)16(23)8-13(19)11-25-15-5-2-12(3-6-15)21(26)27/h2-10,25H,11H2,1H3,(H,26,27). The van der Waals surface area contributed by atoms with Crippen molar-refractivity contribution < 1.29 is 19.4 Å². The zero-order chi connectivity index (χ0) is 21.0.